The SMILES string of the molecule is CC(C)[C@@H](CNCc1cccc2ccccc12)NC(=O)Cc1cncn1Cc1ccc([N+](=O)[O-])cc1. The van der Waals surface area contributed by atoms with Gasteiger partial charge in [0.1, 0.15) is 0 Å². The summed E-state index contributed by atoms with van der Waals surface area (Å²) in [4.78, 5) is 27.6. The van der Waals surface area contributed by atoms with Crippen LogP contribution in [0.4, 0.5) is 5.69 Å². The summed E-state index contributed by atoms with van der Waals surface area (Å²) in [7, 11) is 0. The van der Waals surface area contributed by atoms with Crippen LogP contribution in [0.1, 0.15) is 30.7 Å². The van der Waals surface area contributed by atoms with Crippen LogP contribution in [0, 0.1) is 16.0 Å². The van der Waals surface area contributed by atoms with Crippen molar-refractivity contribution in [3.8, 4) is 0 Å². The fourth-order valence-electron chi connectivity index (χ4n) is 4.24. The second kappa shape index (κ2) is 11.6. The minimum absolute atomic E-state index is 0.0153. The monoisotopic (exact) mass is 485 g/mol. The molecule has 0 bridgehead atoms. The van der Waals surface area contributed by atoms with Gasteiger partial charge in [-0.15, -0.1) is 0 Å². The number of hydrogen-bond acceptors (Lipinski definition) is 5. The van der Waals surface area contributed by atoms with Gasteiger partial charge in [0.25, 0.3) is 5.69 Å². The number of nitro benzene ring substituents is 1. The number of aromatic nitrogens is 2. The number of carbonyl (C=O) groups excluding carboxylic acids is 1. The lowest BCUT2D eigenvalue weighted by Crippen LogP contribution is -2.45. The normalized spacial score (nSPS) is 12.1. The lowest BCUT2D eigenvalue weighted by Gasteiger charge is -2.23. The number of nitrogens with zero attached hydrogens (tertiary/aromatic N) is 3. The quantitative estimate of drug-likeness (QED) is 0.241. The summed E-state index contributed by atoms with van der Waals surface area (Å²) in [5.74, 6) is 0.199. The lowest BCUT2D eigenvalue weighted by molar-refractivity contribution is -0.384. The number of hydrogen-bond donors (Lipinski definition) is 2. The highest BCUT2D eigenvalue weighted by Gasteiger charge is 2.18. The molecule has 2 N–H and O–H groups in total. The van der Waals surface area contributed by atoms with Crippen LogP contribution < -0.4 is 10.6 Å². The average molecular weight is 486 g/mol. The van der Waals surface area contributed by atoms with Gasteiger partial charge in [-0.2, -0.15) is 0 Å². The Bertz CT molecular complexity index is 1330. The van der Waals surface area contributed by atoms with E-state index >= 15 is 0 Å². The second-order valence-electron chi connectivity index (χ2n) is 9.30. The average Bonchev–Trinajstić information content (AvgIpc) is 3.29. The Hall–Kier alpha value is -4.04. The van der Waals surface area contributed by atoms with Crippen LogP contribution in [0.25, 0.3) is 10.8 Å². The Morgan fingerprint density at radius 2 is 1.81 bits per heavy atom. The van der Waals surface area contributed by atoms with Gasteiger partial charge in [-0.05, 0) is 27.8 Å². The molecule has 1 atom stereocenters. The first-order valence-electron chi connectivity index (χ1n) is 12.1. The molecule has 36 heavy (non-hydrogen) atoms. The van der Waals surface area contributed by atoms with Crippen molar-refractivity contribution < 1.29 is 9.72 Å². The molecule has 4 aromatic rings. The molecule has 0 saturated carbocycles. The van der Waals surface area contributed by atoms with Crippen molar-refractivity contribution in [1.82, 2.24) is 20.2 Å². The Morgan fingerprint density at radius 1 is 1.06 bits per heavy atom. The molecule has 0 aliphatic rings. The van der Waals surface area contributed by atoms with Crippen LogP contribution in [0.5, 0.6) is 0 Å². The van der Waals surface area contributed by atoms with Gasteiger partial charge in [-0.3, -0.25) is 14.9 Å². The number of benzene rings is 3. The maximum Gasteiger partial charge on any atom is 0.269 e. The molecule has 8 nitrogen and oxygen atoms in total. The summed E-state index contributed by atoms with van der Waals surface area (Å²) in [6.07, 6.45) is 3.57. The Labute approximate surface area is 210 Å². The molecule has 0 aliphatic heterocycles. The summed E-state index contributed by atoms with van der Waals surface area (Å²) >= 11 is 0. The highest BCUT2D eigenvalue weighted by atomic mass is 16.6. The van der Waals surface area contributed by atoms with Gasteiger partial charge in [-0.25, -0.2) is 4.98 Å². The maximum absolute atomic E-state index is 12.9. The smallest absolute Gasteiger partial charge is 0.269 e. The van der Waals surface area contributed by atoms with Gasteiger partial charge >= 0.3 is 0 Å². The summed E-state index contributed by atoms with van der Waals surface area (Å²) in [5.41, 5.74) is 2.98. The zero-order valence-corrected chi connectivity index (χ0v) is 20.6. The molecule has 0 aliphatic carbocycles. The predicted molar refractivity (Wildman–Crippen MR) is 141 cm³/mol. The van der Waals surface area contributed by atoms with E-state index in [0.717, 1.165) is 17.8 Å². The summed E-state index contributed by atoms with van der Waals surface area (Å²) in [6.45, 7) is 6.07. The summed E-state index contributed by atoms with van der Waals surface area (Å²) < 4.78 is 1.89. The first kappa shape index (κ1) is 25.1. The number of rotatable bonds is 11. The van der Waals surface area contributed by atoms with Crippen molar-refractivity contribution in [2.45, 2.75) is 39.4 Å². The minimum Gasteiger partial charge on any atom is -0.351 e. The van der Waals surface area contributed by atoms with Crippen molar-refractivity contribution in [3.63, 3.8) is 0 Å². The number of non-ortho nitro benzene ring substituents is 1. The topological polar surface area (TPSA) is 102 Å². The van der Waals surface area contributed by atoms with Gasteiger partial charge in [0.2, 0.25) is 5.91 Å². The third-order valence-corrected chi connectivity index (χ3v) is 6.35. The molecule has 1 heterocycles. The second-order valence-corrected chi connectivity index (χ2v) is 9.30. The van der Waals surface area contributed by atoms with E-state index in [4.69, 9.17) is 0 Å². The van der Waals surface area contributed by atoms with E-state index in [1.54, 1.807) is 24.7 Å². The molecule has 0 spiro atoms. The van der Waals surface area contributed by atoms with Gasteiger partial charge in [0.05, 0.1) is 17.7 Å². The molecule has 4 rings (SSSR count). The van der Waals surface area contributed by atoms with Gasteiger partial charge in [0.15, 0.2) is 0 Å². The van der Waals surface area contributed by atoms with Crippen LogP contribution in [-0.2, 0) is 24.3 Å². The van der Waals surface area contributed by atoms with Crippen molar-refractivity contribution in [1.29, 1.82) is 0 Å². The number of imidazole rings is 1. The fourth-order valence-corrected chi connectivity index (χ4v) is 4.24. The van der Waals surface area contributed by atoms with E-state index in [1.165, 1.54) is 28.5 Å². The minimum atomic E-state index is -0.418. The molecule has 0 unspecified atom stereocenters. The Morgan fingerprint density at radius 3 is 2.56 bits per heavy atom. The van der Waals surface area contributed by atoms with E-state index in [2.05, 4.69) is 65.9 Å². The zero-order valence-electron chi connectivity index (χ0n) is 20.6. The first-order valence-corrected chi connectivity index (χ1v) is 12.1. The number of nitrogens with one attached hydrogen (secondary N) is 2. The molecule has 1 aromatic heterocycles. The highest BCUT2D eigenvalue weighted by Crippen LogP contribution is 2.18. The molecule has 1 amide bonds. The van der Waals surface area contributed by atoms with E-state index in [9.17, 15) is 14.9 Å². The van der Waals surface area contributed by atoms with Crippen molar-refractivity contribution in [2.24, 2.45) is 5.92 Å². The molecule has 8 heteroatoms. The van der Waals surface area contributed by atoms with Crippen molar-refractivity contribution in [3.05, 3.63) is 106 Å². The predicted octanol–water partition coefficient (Wildman–Crippen LogP) is 4.47. The van der Waals surface area contributed by atoms with Gasteiger partial charge in [0, 0.05) is 49.7 Å². The van der Waals surface area contributed by atoms with E-state index in [-0.39, 0.29) is 30.0 Å². The van der Waals surface area contributed by atoms with Crippen LogP contribution in [0.15, 0.2) is 79.3 Å². The molecule has 0 radical (unpaired) electrons. The standard InChI is InChI=1S/C28H31N5O3/c1-20(2)27(17-29-15-23-8-5-7-22-6-3-4-9-26(22)23)31-28(34)14-25-16-30-19-32(25)18-21-10-12-24(13-11-21)33(35)36/h3-13,16,19-20,27,29H,14-15,17-18H2,1-2H3,(H,31,34)/t27-/m1/s1. The van der Waals surface area contributed by atoms with Crippen LogP contribution >= 0.6 is 0 Å². The van der Waals surface area contributed by atoms with Gasteiger partial charge < -0.3 is 15.2 Å². The number of fused-ring (bicyclic) bond motifs is 1. The van der Waals surface area contributed by atoms with Gasteiger partial charge in [-0.1, -0.05) is 68.4 Å². The van der Waals surface area contributed by atoms with E-state index < -0.39 is 4.92 Å². The van der Waals surface area contributed by atoms with E-state index in [1.807, 2.05) is 10.6 Å². The summed E-state index contributed by atoms with van der Waals surface area (Å²) in [6, 6.07) is 21.0. The van der Waals surface area contributed by atoms with Crippen LogP contribution in [0.3, 0.4) is 0 Å². The third kappa shape index (κ3) is 6.34. The number of carbonyl (C=O) groups is 1. The molecular formula is C28H31N5O3. The zero-order chi connectivity index (χ0) is 25.5. The maximum atomic E-state index is 12.9. The molecular weight excluding hydrogens is 454 g/mol. The summed E-state index contributed by atoms with van der Waals surface area (Å²) in [5, 5.41) is 20.0. The molecule has 186 valence electrons. The molecule has 3 aromatic carbocycles. The largest absolute Gasteiger partial charge is 0.351 e. The van der Waals surface area contributed by atoms with Crippen LogP contribution in [0.2, 0.25) is 0 Å². The van der Waals surface area contributed by atoms with Crippen molar-refractivity contribution in [2.75, 3.05) is 6.54 Å². The van der Waals surface area contributed by atoms with Crippen molar-refractivity contribution >= 4 is 22.4 Å². The molecule has 0 saturated heterocycles. The highest BCUT2D eigenvalue weighted by molar-refractivity contribution is 5.85. The Kier molecular flexibility index (Phi) is 8.07. The third-order valence-electron chi connectivity index (χ3n) is 6.35. The lowest BCUT2D eigenvalue weighted by atomic mass is 10.0. The Balaban J connectivity index is 1.33. The number of amides is 1. The fraction of sp³-hybridized carbons (Fsp3) is 0.286. The molecule has 0 fully saturated rings. The first-order chi connectivity index (χ1) is 17.4. The van der Waals surface area contributed by atoms with E-state index in [0.29, 0.717) is 13.1 Å². The number of nitro groups is 1. The van der Waals surface area contributed by atoms with Crippen LogP contribution in [-0.4, -0.2) is 33.0 Å².